The summed E-state index contributed by atoms with van der Waals surface area (Å²) in [6.45, 7) is 2.72. The van der Waals surface area contributed by atoms with Crippen molar-refractivity contribution in [2.75, 3.05) is 13.2 Å². The molecule has 2 heterocycles. The SMILES string of the molecule is S=C(NC1CCCCCC1)N(Cc1cccs1)CC1CCCO1. The van der Waals surface area contributed by atoms with Crippen molar-refractivity contribution in [1.29, 1.82) is 0 Å². The van der Waals surface area contributed by atoms with E-state index < -0.39 is 0 Å². The first-order valence-corrected chi connectivity index (χ1v) is 10.3. The fourth-order valence-corrected chi connectivity index (χ4v) is 4.56. The summed E-state index contributed by atoms with van der Waals surface area (Å²) in [5, 5.41) is 6.71. The molecule has 2 fully saturated rings. The van der Waals surface area contributed by atoms with Gasteiger partial charge in [-0.05, 0) is 49.3 Å². The lowest BCUT2D eigenvalue weighted by Crippen LogP contribution is -2.46. The zero-order valence-corrected chi connectivity index (χ0v) is 15.5. The maximum Gasteiger partial charge on any atom is 0.169 e. The van der Waals surface area contributed by atoms with E-state index in [1.165, 1.54) is 49.8 Å². The number of rotatable bonds is 5. The second-order valence-corrected chi connectivity index (χ2v) is 8.15. The minimum absolute atomic E-state index is 0.337. The van der Waals surface area contributed by atoms with Crippen LogP contribution in [0.1, 0.15) is 56.2 Å². The first kappa shape index (κ1) is 17.2. The van der Waals surface area contributed by atoms with Crippen LogP contribution in [-0.2, 0) is 11.3 Å². The molecule has 1 saturated heterocycles. The third kappa shape index (κ3) is 5.44. The number of hydrogen-bond acceptors (Lipinski definition) is 3. The molecule has 2 aliphatic rings. The van der Waals surface area contributed by atoms with Gasteiger partial charge in [0.25, 0.3) is 0 Å². The monoisotopic (exact) mass is 352 g/mol. The first-order valence-electron chi connectivity index (χ1n) is 9.00. The Bertz CT molecular complexity index is 463. The molecule has 0 radical (unpaired) electrons. The molecule has 1 N–H and O–H groups in total. The minimum atomic E-state index is 0.337. The molecule has 0 amide bonds. The molecule has 5 heteroatoms. The van der Waals surface area contributed by atoms with E-state index in [4.69, 9.17) is 17.0 Å². The van der Waals surface area contributed by atoms with Gasteiger partial charge in [0.2, 0.25) is 0 Å². The third-order valence-electron chi connectivity index (χ3n) is 4.84. The van der Waals surface area contributed by atoms with Crippen molar-refractivity contribution in [1.82, 2.24) is 10.2 Å². The molecule has 3 rings (SSSR count). The van der Waals surface area contributed by atoms with E-state index in [1.54, 1.807) is 11.3 Å². The maximum absolute atomic E-state index is 5.84. The van der Waals surface area contributed by atoms with Crippen molar-refractivity contribution in [2.45, 2.75) is 70.1 Å². The third-order valence-corrected chi connectivity index (χ3v) is 6.08. The second kappa shape index (κ2) is 9.00. The number of nitrogens with zero attached hydrogens (tertiary/aromatic N) is 1. The van der Waals surface area contributed by atoms with Crippen molar-refractivity contribution in [3.05, 3.63) is 22.4 Å². The highest BCUT2D eigenvalue weighted by atomic mass is 32.1. The molecule has 1 atom stereocenters. The Hall–Kier alpha value is -0.650. The van der Waals surface area contributed by atoms with Gasteiger partial charge in [0.1, 0.15) is 0 Å². The van der Waals surface area contributed by atoms with Gasteiger partial charge in [-0.2, -0.15) is 0 Å². The summed E-state index contributed by atoms with van der Waals surface area (Å²) in [6.07, 6.45) is 10.6. The van der Waals surface area contributed by atoms with Crippen molar-refractivity contribution < 1.29 is 4.74 Å². The molecule has 0 aromatic carbocycles. The number of hydrogen-bond donors (Lipinski definition) is 1. The zero-order valence-electron chi connectivity index (χ0n) is 13.8. The summed E-state index contributed by atoms with van der Waals surface area (Å²) in [4.78, 5) is 3.69. The van der Waals surface area contributed by atoms with Crippen molar-refractivity contribution in [2.24, 2.45) is 0 Å². The van der Waals surface area contributed by atoms with Crippen LogP contribution in [0.2, 0.25) is 0 Å². The number of ether oxygens (including phenoxy) is 1. The van der Waals surface area contributed by atoms with E-state index in [0.29, 0.717) is 12.1 Å². The highest BCUT2D eigenvalue weighted by Gasteiger charge is 2.23. The summed E-state index contributed by atoms with van der Waals surface area (Å²) in [7, 11) is 0. The highest BCUT2D eigenvalue weighted by Crippen LogP contribution is 2.20. The lowest BCUT2D eigenvalue weighted by atomic mass is 10.1. The Kier molecular flexibility index (Phi) is 6.72. The summed E-state index contributed by atoms with van der Waals surface area (Å²) < 4.78 is 5.84. The number of nitrogens with one attached hydrogen (secondary N) is 1. The predicted molar refractivity (Wildman–Crippen MR) is 101 cm³/mol. The van der Waals surface area contributed by atoms with Crippen molar-refractivity contribution in [3.8, 4) is 0 Å². The predicted octanol–water partition coefficient (Wildman–Crippen LogP) is 4.33. The van der Waals surface area contributed by atoms with Gasteiger partial charge in [0.05, 0.1) is 12.6 Å². The average Bonchev–Trinajstić information content (AvgIpc) is 3.18. The fourth-order valence-electron chi connectivity index (χ4n) is 3.53. The maximum atomic E-state index is 5.84. The van der Waals surface area contributed by atoms with Gasteiger partial charge in [-0.15, -0.1) is 11.3 Å². The lowest BCUT2D eigenvalue weighted by molar-refractivity contribution is 0.0897. The smallest absolute Gasteiger partial charge is 0.169 e. The van der Waals surface area contributed by atoms with Crippen LogP contribution in [0, 0.1) is 0 Å². The number of thiophene rings is 1. The Labute approximate surface area is 149 Å². The van der Waals surface area contributed by atoms with Crippen LogP contribution in [0.15, 0.2) is 17.5 Å². The van der Waals surface area contributed by atoms with Crippen LogP contribution < -0.4 is 5.32 Å². The van der Waals surface area contributed by atoms with Crippen LogP contribution in [0.5, 0.6) is 0 Å². The van der Waals surface area contributed by atoms with Gasteiger partial charge in [-0.25, -0.2) is 0 Å². The van der Waals surface area contributed by atoms with Crippen molar-refractivity contribution >= 4 is 28.7 Å². The lowest BCUT2D eigenvalue weighted by Gasteiger charge is -2.30. The summed E-state index contributed by atoms with van der Waals surface area (Å²) in [5.41, 5.74) is 0. The first-order chi connectivity index (χ1) is 11.3. The molecule has 1 aliphatic heterocycles. The molecule has 1 aromatic rings. The molecule has 1 aromatic heterocycles. The van der Waals surface area contributed by atoms with E-state index in [-0.39, 0.29) is 0 Å². The van der Waals surface area contributed by atoms with Gasteiger partial charge in [0, 0.05) is 24.1 Å². The molecule has 1 saturated carbocycles. The minimum Gasteiger partial charge on any atom is -0.376 e. The Morgan fingerprint density at radius 2 is 2.04 bits per heavy atom. The molecule has 3 nitrogen and oxygen atoms in total. The molecule has 1 unspecified atom stereocenters. The van der Waals surface area contributed by atoms with Crippen LogP contribution in [0.3, 0.4) is 0 Å². The molecule has 1 aliphatic carbocycles. The summed E-state index contributed by atoms with van der Waals surface area (Å²) >= 11 is 7.58. The largest absolute Gasteiger partial charge is 0.376 e. The molecule has 128 valence electrons. The normalized spacial score (nSPS) is 22.7. The highest BCUT2D eigenvalue weighted by molar-refractivity contribution is 7.80. The summed E-state index contributed by atoms with van der Waals surface area (Å²) in [5.74, 6) is 0. The van der Waals surface area contributed by atoms with Gasteiger partial charge in [-0.1, -0.05) is 31.7 Å². The number of thiocarbonyl (C=S) groups is 1. The van der Waals surface area contributed by atoms with E-state index in [9.17, 15) is 0 Å². The standard InChI is InChI=1S/C18H28N2OS2/c22-18(19-15-7-3-1-2-4-8-15)20(13-16-9-5-11-21-16)14-17-10-6-12-23-17/h6,10,12,15-16H,1-5,7-9,11,13-14H2,(H,19,22). The molecular formula is C18H28N2OS2. The van der Waals surface area contributed by atoms with E-state index >= 15 is 0 Å². The Morgan fingerprint density at radius 1 is 1.22 bits per heavy atom. The van der Waals surface area contributed by atoms with Crippen LogP contribution in [-0.4, -0.2) is 35.3 Å². The van der Waals surface area contributed by atoms with Gasteiger partial charge < -0.3 is 15.0 Å². The van der Waals surface area contributed by atoms with Gasteiger partial charge in [0.15, 0.2) is 5.11 Å². The van der Waals surface area contributed by atoms with Crippen LogP contribution in [0.25, 0.3) is 0 Å². The van der Waals surface area contributed by atoms with E-state index in [1.807, 2.05) is 0 Å². The van der Waals surface area contributed by atoms with E-state index in [0.717, 1.165) is 31.2 Å². The Balaban J connectivity index is 1.59. The quantitative estimate of drug-likeness (QED) is 0.630. The zero-order chi connectivity index (χ0) is 15.9. The van der Waals surface area contributed by atoms with E-state index in [2.05, 4.69) is 27.7 Å². The van der Waals surface area contributed by atoms with Crippen LogP contribution in [0.4, 0.5) is 0 Å². The topological polar surface area (TPSA) is 24.5 Å². The summed E-state index contributed by atoms with van der Waals surface area (Å²) in [6, 6.07) is 4.87. The molecular weight excluding hydrogens is 324 g/mol. The van der Waals surface area contributed by atoms with Crippen molar-refractivity contribution in [3.63, 3.8) is 0 Å². The Morgan fingerprint density at radius 3 is 2.70 bits per heavy atom. The van der Waals surface area contributed by atoms with Crippen LogP contribution >= 0.6 is 23.6 Å². The molecule has 0 spiro atoms. The molecule has 23 heavy (non-hydrogen) atoms. The average molecular weight is 353 g/mol. The molecule has 0 bridgehead atoms. The van der Waals surface area contributed by atoms with Gasteiger partial charge in [-0.3, -0.25) is 0 Å². The van der Waals surface area contributed by atoms with Gasteiger partial charge >= 0.3 is 0 Å². The second-order valence-electron chi connectivity index (χ2n) is 6.73. The fraction of sp³-hybridized carbons (Fsp3) is 0.722.